The predicted molar refractivity (Wildman–Crippen MR) is 341 cm³/mol. The van der Waals surface area contributed by atoms with E-state index in [2.05, 4.69) is 31.3 Å². The van der Waals surface area contributed by atoms with Gasteiger partial charge in [0.15, 0.2) is 6.29 Å². The number of aliphatic hydroxyl groups excluding tert-OH is 5. The van der Waals surface area contributed by atoms with Gasteiger partial charge in [0.2, 0.25) is 5.91 Å². The summed E-state index contributed by atoms with van der Waals surface area (Å²) in [5, 5.41) is 54.7. The molecule has 0 bridgehead atoms. The molecule has 1 heterocycles. The molecule has 9 nitrogen and oxygen atoms in total. The van der Waals surface area contributed by atoms with Crippen LogP contribution in [0.3, 0.4) is 0 Å². The summed E-state index contributed by atoms with van der Waals surface area (Å²) in [5.41, 5.74) is 0. The Bertz CT molecular complexity index is 1310. The number of carbonyl (C=O) groups excluding carboxylic acids is 1. The Hall–Kier alpha value is -1.33. The molecule has 7 unspecified atom stereocenters. The Morgan fingerprint density at radius 2 is 0.700 bits per heavy atom. The predicted octanol–water partition coefficient (Wildman–Crippen LogP) is 19.3. The summed E-state index contributed by atoms with van der Waals surface area (Å²) in [6.45, 7) is 3.84. The largest absolute Gasteiger partial charge is 0.394 e. The average Bonchev–Trinajstić information content (AvgIpc) is 3.46. The molecule has 0 aromatic rings. The molecule has 1 fully saturated rings. The van der Waals surface area contributed by atoms with Crippen LogP contribution in [0.15, 0.2) is 24.3 Å². The molecule has 1 rings (SSSR count). The fourth-order valence-electron chi connectivity index (χ4n) is 11.7. The molecule has 7 atom stereocenters. The van der Waals surface area contributed by atoms with Crippen LogP contribution in [0.5, 0.6) is 0 Å². The Kier molecular flexibility index (Phi) is 58.3. The van der Waals surface area contributed by atoms with Crippen molar-refractivity contribution in [1.29, 1.82) is 0 Å². The first-order valence-electron chi connectivity index (χ1n) is 35.6. The van der Waals surface area contributed by atoms with Gasteiger partial charge in [-0.05, 0) is 44.9 Å². The molecular weight excluding hydrogens is 995 g/mol. The van der Waals surface area contributed by atoms with E-state index in [0.29, 0.717) is 6.42 Å². The van der Waals surface area contributed by atoms with Crippen molar-refractivity contribution < 1.29 is 39.8 Å². The minimum Gasteiger partial charge on any atom is -0.394 e. The lowest BCUT2D eigenvalue weighted by Gasteiger charge is -2.40. The van der Waals surface area contributed by atoms with Gasteiger partial charge in [-0.15, -0.1) is 0 Å². The fourth-order valence-corrected chi connectivity index (χ4v) is 11.7. The summed E-state index contributed by atoms with van der Waals surface area (Å²) in [7, 11) is 0. The first-order chi connectivity index (χ1) is 39.3. The second-order valence-electron chi connectivity index (χ2n) is 25.0. The third-order valence-corrected chi connectivity index (χ3v) is 17.3. The van der Waals surface area contributed by atoms with Crippen molar-refractivity contribution >= 4 is 5.91 Å². The number of rotatable bonds is 63. The summed E-state index contributed by atoms with van der Waals surface area (Å²) in [5.74, 6) is -0.169. The van der Waals surface area contributed by atoms with Crippen molar-refractivity contribution in [1.82, 2.24) is 5.32 Å². The number of hydrogen-bond donors (Lipinski definition) is 6. The van der Waals surface area contributed by atoms with Gasteiger partial charge in [0, 0.05) is 6.42 Å². The van der Waals surface area contributed by atoms with Gasteiger partial charge >= 0.3 is 0 Å². The Balaban J connectivity index is 2.09. The molecule has 1 saturated heterocycles. The maximum atomic E-state index is 13.1. The van der Waals surface area contributed by atoms with Gasteiger partial charge in [-0.2, -0.15) is 0 Å². The summed E-state index contributed by atoms with van der Waals surface area (Å²) < 4.78 is 11.3. The minimum absolute atomic E-state index is 0.169. The van der Waals surface area contributed by atoms with Gasteiger partial charge < -0.3 is 40.3 Å². The second kappa shape index (κ2) is 60.8. The average molecular weight is 1130 g/mol. The van der Waals surface area contributed by atoms with E-state index < -0.39 is 49.5 Å². The lowest BCUT2D eigenvalue weighted by Crippen LogP contribution is -2.60. The fraction of sp³-hybridized carbons (Fsp3) is 0.930. The second-order valence-corrected chi connectivity index (χ2v) is 25.0. The van der Waals surface area contributed by atoms with Crippen LogP contribution in [-0.2, 0) is 14.3 Å². The van der Waals surface area contributed by atoms with Gasteiger partial charge in [0.25, 0.3) is 0 Å². The van der Waals surface area contributed by atoms with Crippen molar-refractivity contribution in [2.45, 2.75) is 410 Å². The number of hydrogen-bond acceptors (Lipinski definition) is 8. The zero-order valence-electron chi connectivity index (χ0n) is 53.1. The maximum absolute atomic E-state index is 13.1. The lowest BCUT2D eigenvalue weighted by atomic mass is 9.99. The summed E-state index contributed by atoms with van der Waals surface area (Å²) >= 11 is 0. The highest BCUT2D eigenvalue weighted by molar-refractivity contribution is 5.76. The zero-order valence-corrected chi connectivity index (χ0v) is 53.1. The molecule has 6 N–H and O–H groups in total. The number of unbranched alkanes of at least 4 members (excludes halogenated alkanes) is 51. The van der Waals surface area contributed by atoms with Gasteiger partial charge in [-0.1, -0.05) is 340 Å². The molecule has 0 aromatic carbocycles. The smallest absolute Gasteiger partial charge is 0.220 e. The van der Waals surface area contributed by atoms with E-state index in [0.717, 1.165) is 38.5 Å². The number of carbonyl (C=O) groups is 1. The van der Waals surface area contributed by atoms with Crippen LogP contribution in [0, 0.1) is 0 Å². The molecule has 0 spiro atoms. The van der Waals surface area contributed by atoms with E-state index >= 15 is 0 Å². The van der Waals surface area contributed by atoms with Crippen molar-refractivity contribution in [3.63, 3.8) is 0 Å². The number of nitrogens with one attached hydrogen (secondary N) is 1. The van der Waals surface area contributed by atoms with E-state index in [1.165, 1.54) is 308 Å². The van der Waals surface area contributed by atoms with Crippen LogP contribution < -0.4 is 5.32 Å². The molecule has 1 aliphatic heterocycles. The van der Waals surface area contributed by atoms with E-state index in [1.54, 1.807) is 6.08 Å². The van der Waals surface area contributed by atoms with Crippen LogP contribution >= 0.6 is 0 Å². The lowest BCUT2D eigenvalue weighted by molar-refractivity contribution is -0.302. The highest BCUT2D eigenvalue weighted by atomic mass is 16.7. The van der Waals surface area contributed by atoms with Crippen molar-refractivity contribution in [3.05, 3.63) is 24.3 Å². The van der Waals surface area contributed by atoms with Gasteiger partial charge in [-0.25, -0.2) is 0 Å². The number of allylic oxidation sites excluding steroid dienone is 3. The van der Waals surface area contributed by atoms with Crippen LogP contribution in [0.1, 0.15) is 367 Å². The highest BCUT2D eigenvalue weighted by Crippen LogP contribution is 2.24. The summed E-state index contributed by atoms with van der Waals surface area (Å²) in [6, 6.07) is -0.804. The normalized spacial score (nSPS) is 18.5. The van der Waals surface area contributed by atoms with Gasteiger partial charge in [0.05, 0.1) is 25.4 Å². The Labute approximate surface area is 496 Å². The third kappa shape index (κ3) is 49.0. The van der Waals surface area contributed by atoms with Crippen molar-refractivity contribution in [3.8, 4) is 0 Å². The van der Waals surface area contributed by atoms with E-state index in [1.807, 2.05) is 6.08 Å². The molecule has 1 amide bonds. The molecule has 0 saturated carbocycles. The monoisotopic (exact) mass is 1130 g/mol. The summed E-state index contributed by atoms with van der Waals surface area (Å²) in [4.78, 5) is 13.1. The van der Waals surface area contributed by atoms with Crippen LogP contribution in [0.2, 0.25) is 0 Å². The summed E-state index contributed by atoms with van der Waals surface area (Å²) in [6.07, 6.45) is 72.9. The van der Waals surface area contributed by atoms with Crippen molar-refractivity contribution in [2.75, 3.05) is 13.2 Å². The standard InChI is InChI=1S/C71H137NO8/c1-3-5-7-9-11-13-15-17-19-21-23-25-27-28-29-30-31-32-33-34-35-36-37-38-39-41-43-45-47-49-51-53-55-57-59-61-67(75)72-64(63-79-71-70(78)69(77)68(76)66(62-73)80-71)65(74)60-58-56-54-52-50-48-46-44-42-40-26-24-22-20-18-16-14-12-10-8-6-4-2/h30-31,58,60,64-66,68-71,73-74,76-78H,3-29,32-57,59,61-63H2,1-2H3,(H,72,75)/b31-30-,60-58+. The molecule has 474 valence electrons. The molecule has 0 aliphatic carbocycles. The van der Waals surface area contributed by atoms with Crippen molar-refractivity contribution in [2.24, 2.45) is 0 Å². The van der Waals surface area contributed by atoms with Gasteiger partial charge in [-0.3, -0.25) is 4.79 Å². The maximum Gasteiger partial charge on any atom is 0.220 e. The van der Waals surface area contributed by atoms with E-state index in [9.17, 15) is 30.3 Å². The molecule has 80 heavy (non-hydrogen) atoms. The molecular formula is C71H137NO8. The minimum atomic E-state index is -1.57. The topological polar surface area (TPSA) is 149 Å². The zero-order chi connectivity index (χ0) is 57.9. The molecule has 0 radical (unpaired) electrons. The number of ether oxygens (including phenoxy) is 2. The van der Waals surface area contributed by atoms with E-state index in [4.69, 9.17) is 9.47 Å². The highest BCUT2D eigenvalue weighted by Gasteiger charge is 2.44. The van der Waals surface area contributed by atoms with Crippen LogP contribution in [-0.4, -0.2) is 87.5 Å². The van der Waals surface area contributed by atoms with Gasteiger partial charge in [0.1, 0.15) is 24.4 Å². The molecule has 0 aromatic heterocycles. The first kappa shape index (κ1) is 76.7. The Morgan fingerprint density at radius 3 is 1.01 bits per heavy atom. The quantitative estimate of drug-likeness (QED) is 0.0261. The Morgan fingerprint density at radius 1 is 0.412 bits per heavy atom. The first-order valence-corrected chi connectivity index (χ1v) is 35.6. The van der Waals surface area contributed by atoms with Crippen LogP contribution in [0.4, 0.5) is 0 Å². The molecule has 9 heteroatoms. The molecule has 1 aliphatic rings. The number of amides is 1. The van der Waals surface area contributed by atoms with E-state index in [-0.39, 0.29) is 12.5 Å². The SMILES string of the molecule is CCCCCCCCCCCCCCCC/C=C\CCCCCCCCCCCCCCCCCCCC(=O)NC(COC1OC(CO)C(O)C(O)C1O)C(O)/C=C/CCCCCCCCCCCCCCCCCCCCCC. The van der Waals surface area contributed by atoms with Crippen LogP contribution in [0.25, 0.3) is 0 Å². The number of aliphatic hydroxyl groups is 5. The third-order valence-electron chi connectivity index (χ3n) is 17.3.